The quantitative estimate of drug-likeness (QED) is 0.115. The average molecular weight is 414 g/mol. The Kier molecular flexibility index (Phi) is 22.5. The Morgan fingerprint density at radius 2 is 0.500 bits per heavy atom. The fourth-order valence-corrected chi connectivity index (χ4v) is 9.62. The standard InChI is InChI=1S/C27H58P/c1-5-9-13-17-18-19-23-27-28(24-20-14-10-6-2,25-21-15-11-7-3)26-22-16-12-8-4/h5-27H2,1-4H3/q+1. The predicted octanol–water partition coefficient (Wildman–Crippen LogP) is 10.5. The molecule has 0 spiro atoms. The van der Waals surface area contributed by atoms with Crippen molar-refractivity contribution in [3.63, 3.8) is 0 Å². The summed E-state index contributed by atoms with van der Waals surface area (Å²) < 4.78 is 0. The molecule has 170 valence electrons. The first-order valence-corrected chi connectivity index (χ1v) is 16.1. The molecule has 0 aromatic carbocycles. The Labute approximate surface area is 181 Å². The van der Waals surface area contributed by atoms with Crippen molar-refractivity contribution in [1.82, 2.24) is 0 Å². The van der Waals surface area contributed by atoms with E-state index < -0.39 is 7.26 Å². The van der Waals surface area contributed by atoms with Crippen LogP contribution in [0.5, 0.6) is 0 Å². The van der Waals surface area contributed by atoms with Gasteiger partial charge in [-0.3, -0.25) is 0 Å². The predicted molar refractivity (Wildman–Crippen MR) is 137 cm³/mol. The molecule has 0 aromatic rings. The fraction of sp³-hybridized carbons (Fsp3) is 1.00. The van der Waals surface area contributed by atoms with E-state index in [0.717, 1.165) is 0 Å². The lowest BCUT2D eigenvalue weighted by Crippen LogP contribution is -2.13. The minimum Gasteiger partial charge on any atom is -0.0654 e. The highest BCUT2D eigenvalue weighted by atomic mass is 31.2. The normalized spacial score (nSPS) is 12.0. The van der Waals surface area contributed by atoms with Crippen molar-refractivity contribution in [2.24, 2.45) is 0 Å². The minimum absolute atomic E-state index is 0.678. The largest absolute Gasteiger partial charge is 0.0654 e. The van der Waals surface area contributed by atoms with E-state index in [1.165, 1.54) is 96.3 Å². The van der Waals surface area contributed by atoms with Gasteiger partial charge in [0.15, 0.2) is 0 Å². The van der Waals surface area contributed by atoms with Gasteiger partial charge in [-0.1, -0.05) is 98.3 Å². The zero-order valence-electron chi connectivity index (χ0n) is 20.7. The van der Waals surface area contributed by atoms with Crippen LogP contribution in [0.3, 0.4) is 0 Å². The van der Waals surface area contributed by atoms with Gasteiger partial charge in [-0.15, -0.1) is 0 Å². The van der Waals surface area contributed by atoms with Crippen LogP contribution in [-0.2, 0) is 0 Å². The molecular weight excluding hydrogens is 355 g/mol. The van der Waals surface area contributed by atoms with Crippen LogP contribution in [0.15, 0.2) is 0 Å². The molecule has 0 N–H and O–H groups in total. The molecule has 0 aliphatic carbocycles. The van der Waals surface area contributed by atoms with E-state index in [4.69, 9.17) is 0 Å². The monoisotopic (exact) mass is 413 g/mol. The molecule has 0 aliphatic heterocycles. The van der Waals surface area contributed by atoms with E-state index in [2.05, 4.69) is 27.7 Å². The van der Waals surface area contributed by atoms with Gasteiger partial charge in [-0.2, -0.15) is 0 Å². The van der Waals surface area contributed by atoms with Gasteiger partial charge in [0.1, 0.15) is 0 Å². The van der Waals surface area contributed by atoms with Crippen molar-refractivity contribution >= 4 is 7.26 Å². The van der Waals surface area contributed by atoms with Crippen molar-refractivity contribution in [2.45, 2.75) is 150 Å². The lowest BCUT2D eigenvalue weighted by molar-refractivity contribution is 0.601. The molecule has 0 amide bonds. The lowest BCUT2D eigenvalue weighted by Gasteiger charge is -2.28. The summed E-state index contributed by atoms with van der Waals surface area (Å²) in [6, 6.07) is 0. The summed E-state index contributed by atoms with van der Waals surface area (Å²) in [6.07, 6.45) is 34.6. The summed E-state index contributed by atoms with van der Waals surface area (Å²) in [5, 5.41) is 0. The van der Waals surface area contributed by atoms with Gasteiger partial charge in [-0.05, 0) is 51.4 Å². The molecule has 0 fully saturated rings. The molecule has 0 unspecified atom stereocenters. The van der Waals surface area contributed by atoms with Gasteiger partial charge in [0, 0.05) is 7.26 Å². The fourth-order valence-electron chi connectivity index (χ4n) is 4.70. The molecule has 0 nitrogen and oxygen atoms in total. The zero-order chi connectivity index (χ0) is 20.8. The third kappa shape index (κ3) is 17.3. The molecule has 0 radical (unpaired) electrons. The Bertz CT molecular complexity index is 255. The molecule has 0 aromatic heterocycles. The number of unbranched alkanes of at least 4 members (excludes halogenated alkanes) is 15. The second-order valence-electron chi connectivity index (χ2n) is 9.54. The second-order valence-corrected chi connectivity index (χ2v) is 14.0. The lowest BCUT2D eigenvalue weighted by atomic mass is 10.1. The van der Waals surface area contributed by atoms with E-state index in [-0.39, 0.29) is 0 Å². The van der Waals surface area contributed by atoms with Crippen LogP contribution in [-0.4, -0.2) is 24.6 Å². The van der Waals surface area contributed by atoms with Crippen LogP contribution in [0.25, 0.3) is 0 Å². The molecule has 0 heterocycles. The first kappa shape index (κ1) is 28.4. The molecule has 0 saturated carbocycles. The van der Waals surface area contributed by atoms with Gasteiger partial charge in [0.2, 0.25) is 0 Å². The van der Waals surface area contributed by atoms with E-state index in [1.807, 2.05) is 0 Å². The topological polar surface area (TPSA) is 0 Å². The Morgan fingerprint density at radius 1 is 0.286 bits per heavy atom. The zero-order valence-corrected chi connectivity index (χ0v) is 21.6. The SMILES string of the molecule is CCCCCCCCC[P+](CCCCCC)(CCCCCC)CCCCCC. The van der Waals surface area contributed by atoms with Crippen molar-refractivity contribution in [1.29, 1.82) is 0 Å². The van der Waals surface area contributed by atoms with E-state index >= 15 is 0 Å². The summed E-state index contributed by atoms with van der Waals surface area (Å²) in [5.74, 6) is 0. The van der Waals surface area contributed by atoms with Crippen LogP contribution >= 0.6 is 7.26 Å². The Morgan fingerprint density at radius 3 is 0.786 bits per heavy atom. The molecule has 0 aliphatic rings. The first-order chi connectivity index (χ1) is 13.7. The van der Waals surface area contributed by atoms with E-state index in [9.17, 15) is 0 Å². The maximum Gasteiger partial charge on any atom is 0.0594 e. The van der Waals surface area contributed by atoms with Gasteiger partial charge >= 0.3 is 0 Å². The van der Waals surface area contributed by atoms with Crippen LogP contribution in [0.4, 0.5) is 0 Å². The number of hydrogen-bond donors (Lipinski definition) is 0. The summed E-state index contributed by atoms with van der Waals surface area (Å²) in [7, 11) is -0.678. The van der Waals surface area contributed by atoms with Gasteiger partial charge in [-0.25, -0.2) is 0 Å². The first-order valence-electron chi connectivity index (χ1n) is 13.6. The van der Waals surface area contributed by atoms with Crippen molar-refractivity contribution in [2.75, 3.05) is 24.6 Å². The third-order valence-corrected chi connectivity index (χ3v) is 11.8. The molecule has 0 bridgehead atoms. The summed E-state index contributed by atoms with van der Waals surface area (Å²) >= 11 is 0. The second kappa shape index (κ2) is 22.1. The average Bonchev–Trinajstić information content (AvgIpc) is 2.71. The Hall–Kier alpha value is 0.430. The van der Waals surface area contributed by atoms with Crippen molar-refractivity contribution in [3.8, 4) is 0 Å². The highest BCUT2D eigenvalue weighted by Gasteiger charge is 2.34. The van der Waals surface area contributed by atoms with Crippen LogP contribution in [0, 0.1) is 0 Å². The molecular formula is C27H58P+. The molecule has 1 heteroatoms. The Balaban J connectivity index is 4.58. The highest BCUT2D eigenvalue weighted by Crippen LogP contribution is 2.61. The van der Waals surface area contributed by atoms with E-state index in [1.54, 1.807) is 50.3 Å². The summed E-state index contributed by atoms with van der Waals surface area (Å²) in [5.41, 5.74) is 0. The smallest absolute Gasteiger partial charge is 0.0594 e. The van der Waals surface area contributed by atoms with E-state index in [0.29, 0.717) is 0 Å². The molecule has 28 heavy (non-hydrogen) atoms. The number of hydrogen-bond acceptors (Lipinski definition) is 0. The highest BCUT2D eigenvalue weighted by molar-refractivity contribution is 7.75. The van der Waals surface area contributed by atoms with Gasteiger partial charge in [0.05, 0.1) is 24.6 Å². The van der Waals surface area contributed by atoms with Gasteiger partial charge < -0.3 is 0 Å². The van der Waals surface area contributed by atoms with Crippen LogP contribution in [0.1, 0.15) is 150 Å². The summed E-state index contributed by atoms with van der Waals surface area (Å²) in [6.45, 7) is 9.40. The van der Waals surface area contributed by atoms with Crippen molar-refractivity contribution < 1.29 is 0 Å². The number of rotatable bonds is 23. The van der Waals surface area contributed by atoms with Crippen LogP contribution in [0.2, 0.25) is 0 Å². The molecule has 0 rings (SSSR count). The van der Waals surface area contributed by atoms with Crippen LogP contribution < -0.4 is 0 Å². The van der Waals surface area contributed by atoms with Crippen molar-refractivity contribution in [3.05, 3.63) is 0 Å². The molecule has 0 atom stereocenters. The maximum atomic E-state index is 2.36. The third-order valence-electron chi connectivity index (χ3n) is 6.69. The van der Waals surface area contributed by atoms with Gasteiger partial charge in [0.25, 0.3) is 0 Å². The maximum absolute atomic E-state index is 2.36. The summed E-state index contributed by atoms with van der Waals surface area (Å²) in [4.78, 5) is 0. The molecule has 0 saturated heterocycles. The minimum atomic E-state index is -0.678.